The predicted octanol–water partition coefficient (Wildman–Crippen LogP) is 4.31. The SMILES string of the molecule is CC(CC(=O)O)NC(=O)[C@@H]1CCCC[C@@H]1CNC(=O)OCC1c2ccccc2-c2ccccc21. The highest BCUT2D eigenvalue weighted by atomic mass is 16.5. The smallest absolute Gasteiger partial charge is 0.407 e. The first-order valence-corrected chi connectivity index (χ1v) is 12.0. The molecule has 0 saturated heterocycles. The largest absolute Gasteiger partial charge is 0.481 e. The number of carboxylic acid groups (broad SMARTS) is 1. The van der Waals surface area contributed by atoms with Crippen molar-refractivity contribution in [3.63, 3.8) is 0 Å². The number of aliphatic carboxylic acids is 1. The number of ether oxygens (including phenoxy) is 1. The van der Waals surface area contributed by atoms with Gasteiger partial charge in [-0.15, -0.1) is 0 Å². The first kappa shape index (κ1) is 23.8. The van der Waals surface area contributed by atoms with Crippen LogP contribution in [0.15, 0.2) is 48.5 Å². The maximum atomic E-state index is 12.7. The van der Waals surface area contributed by atoms with E-state index < -0.39 is 18.1 Å². The Bertz CT molecular complexity index is 1010. The number of fused-ring (bicyclic) bond motifs is 3. The van der Waals surface area contributed by atoms with Crippen LogP contribution in [0.2, 0.25) is 0 Å². The van der Waals surface area contributed by atoms with E-state index in [1.54, 1.807) is 6.92 Å². The van der Waals surface area contributed by atoms with Gasteiger partial charge in [0, 0.05) is 24.4 Å². The molecule has 180 valence electrons. The molecule has 0 aliphatic heterocycles. The molecule has 3 atom stereocenters. The van der Waals surface area contributed by atoms with Gasteiger partial charge in [-0.05, 0) is 47.9 Å². The van der Waals surface area contributed by atoms with Gasteiger partial charge in [0.2, 0.25) is 5.91 Å². The Morgan fingerprint density at radius 3 is 2.26 bits per heavy atom. The van der Waals surface area contributed by atoms with E-state index >= 15 is 0 Å². The lowest BCUT2D eigenvalue weighted by atomic mass is 9.78. The van der Waals surface area contributed by atoms with Crippen molar-refractivity contribution < 1.29 is 24.2 Å². The van der Waals surface area contributed by atoms with Gasteiger partial charge in [0.15, 0.2) is 0 Å². The summed E-state index contributed by atoms with van der Waals surface area (Å²) in [6.07, 6.45) is 2.95. The Morgan fingerprint density at radius 2 is 1.62 bits per heavy atom. The van der Waals surface area contributed by atoms with E-state index in [1.165, 1.54) is 11.1 Å². The number of rotatable bonds is 8. The first-order valence-electron chi connectivity index (χ1n) is 12.0. The minimum absolute atomic E-state index is 0.00193. The van der Waals surface area contributed by atoms with Crippen LogP contribution in [0.5, 0.6) is 0 Å². The number of nitrogens with one attached hydrogen (secondary N) is 2. The summed E-state index contributed by atoms with van der Waals surface area (Å²) in [6, 6.07) is 16.0. The maximum Gasteiger partial charge on any atom is 0.407 e. The number of benzene rings is 2. The number of carbonyl (C=O) groups excluding carboxylic acids is 2. The molecule has 7 heteroatoms. The van der Waals surface area contributed by atoms with Crippen molar-refractivity contribution in [2.24, 2.45) is 11.8 Å². The Morgan fingerprint density at radius 1 is 1.00 bits per heavy atom. The molecule has 2 amide bonds. The quantitative estimate of drug-likeness (QED) is 0.540. The molecule has 0 aromatic heterocycles. The van der Waals surface area contributed by atoms with Crippen LogP contribution in [-0.2, 0) is 14.3 Å². The van der Waals surface area contributed by atoms with Gasteiger partial charge >= 0.3 is 12.1 Å². The van der Waals surface area contributed by atoms with E-state index in [0.717, 1.165) is 36.8 Å². The van der Waals surface area contributed by atoms with Gasteiger partial charge in [0.05, 0.1) is 6.42 Å². The number of amides is 2. The highest BCUT2D eigenvalue weighted by Crippen LogP contribution is 2.44. The molecule has 2 aromatic rings. The van der Waals surface area contributed by atoms with E-state index in [1.807, 2.05) is 24.3 Å². The Balaban J connectivity index is 1.31. The lowest BCUT2D eigenvalue weighted by Crippen LogP contribution is -2.44. The molecule has 1 unspecified atom stereocenters. The zero-order valence-corrected chi connectivity index (χ0v) is 19.5. The number of carboxylic acids is 1. The van der Waals surface area contributed by atoms with Crippen molar-refractivity contribution in [2.45, 2.75) is 51.0 Å². The number of hydrogen-bond acceptors (Lipinski definition) is 4. The molecule has 0 bridgehead atoms. The minimum atomic E-state index is -0.940. The number of hydrogen-bond donors (Lipinski definition) is 3. The molecule has 2 aliphatic carbocycles. The Labute approximate surface area is 199 Å². The summed E-state index contributed by atoms with van der Waals surface area (Å²) in [7, 11) is 0. The van der Waals surface area contributed by atoms with Crippen molar-refractivity contribution in [1.82, 2.24) is 10.6 Å². The average molecular weight is 465 g/mol. The molecule has 1 saturated carbocycles. The lowest BCUT2D eigenvalue weighted by Gasteiger charge is -2.31. The van der Waals surface area contributed by atoms with E-state index in [-0.39, 0.29) is 36.7 Å². The maximum absolute atomic E-state index is 12.7. The minimum Gasteiger partial charge on any atom is -0.481 e. The van der Waals surface area contributed by atoms with Crippen molar-refractivity contribution in [1.29, 1.82) is 0 Å². The van der Waals surface area contributed by atoms with Crippen molar-refractivity contribution in [3.05, 3.63) is 59.7 Å². The topological polar surface area (TPSA) is 105 Å². The molecule has 3 N–H and O–H groups in total. The monoisotopic (exact) mass is 464 g/mol. The lowest BCUT2D eigenvalue weighted by molar-refractivity contribution is -0.137. The summed E-state index contributed by atoms with van der Waals surface area (Å²) in [5, 5.41) is 14.6. The summed E-state index contributed by atoms with van der Waals surface area (Å²) < 4.78 is 5.62. The van der Waals surface area contributed by atoms with Gasteiger partial charge in [0.1, 0.15) is 6.61 Å². The molecular formula is C27H32N2O5. The van der Waals surface area contributed by atoms with Crippen LogP contribution in [0.4, 0.5) is 4.79 Å². The molecule has 0 radical (unpaired) electrons. The second-order valence-corrected chi connectivity index (χ2v) is 9.36. The second kappa shape index (κ2) is 10.7. The van der Waals surface area contributed by atoms with Crippen LogP contribution in [0.1, 0.15) is 56.1 Å². The van der Waals surface area contributed by atoms with Crippen LogP contribution >= 0.6 is 0 Å². The summed E-state index contributed by atoms with van der Waals surface area (Å²) in [4.78, 5) is 36.2. The summed E-state index contributed by atoms with van der Waals surface area (Å²) in [5.41, 5.74) is 4.69. The summed E-state index contributed by atoms with van der Waals surface area (Å²) in [6.45, 7) is 2.31. The molecule has 2 aromatic carbocycles. The fourth-order valence-corrected chi connectivity index (χ4v) is 5.32. The molecule has 0 spiro atoms. The van der Waals surface area contributed by atoms with E-state index in [0.29, 0.717) is 6.54 Å². The van der Waals surface area contributed by atoms with Crippen LogP contribution in [0.3, 0.4) is 0 Å². The first-order chi connectivity index (χ1) is 16.4. The van der Waals surface area contributed by atoms with Gasteiger partial charge in [-0.1, -0.05) is 61.4 Å². The third-order valence-corrected chi connectivity index (χ3v) is 6.97. The fourth-order valence-electron chi connectivity index (χ4n) is 5.32. The molecular weight excluding hydrogens is 432 g/mol. The molecule has 4 rings (SSSR count). The summed E-state index contributed by atoms with van der Waals surface area (Å²) >= 11 is 0. The normalized spacial score (nSPS) is 20.0. The van der Waals surface area contributed by atoms with Crippen molar-refractivity contribution in [3.8, 4) is 11.1 Å². The van der Waals surface area contributed by atoms with Crippen LogP contribution < -0.4 is 10.6 Å². The number of carbonyl (C=O) groups is 3. The Hall–Kier alpha value is -3.35. The molecule has 7 nitrogen and oxygen atoms in total. The average Bonchev–Trinajstić information content (AvgIpc) is 3.14. The molecule has 1 fully saturated rings. The van der Waals surface area contributed by atoms with Crippen molar-refractivity contribution in [2.75, 3.05) is 13.2 Å². The van der Waals surface area contributed by atoms with E-state index in [4.69, 9.17) is 9.84 Å². The van der Waals surface area contributed by atoms with Gasteiger partial charge < -0.3 is 20.5 Å². The standard InChI is InChI=1S/C27H32N2O5/c1-17(14-25(30)31)29-26(32)19-9-3-2-8-18(19)15-28-27(33)34-16-24-22-12-6-4-10-20(22)21-11-5-7-13-23(21)24/h4-7,10-13,17-19,24H,2-3,8-9,14-16H2,1H3,(H,28,33)(H,29,32)(H,30,31)/t17?,18-,19-/m1/s1. The highest BCUT2D eigenvalue weighted by Gasteiger charge is 2.33. The molecule has 34 heavy (non-hydrogen) atoms. The number of alkyl carbamates (subject to hydrolysis) is 1. The van der Waals surface area contributed by atoms with E-state index in [9.17, 15) is 14.4 Å². The second-order valence-electron chi connectivity index (χ2n) is 9.36. The highest BCUT2D eigenvalue weighted by molar-refractivity contribution is 5.80. The van der Waals surface area contributed by atoms with Crippen molar-refractivity contribution >= 4 is 18.0 Å². The zero-order chi connectivity index (χ0) is 24.1. The van der Waals surface area contributed by atoms with E-state index in [2.05, 4.69) is 34.9 Å². The third-order valence-electron chi connectivity index (χ3n) is 6.97. The third kappa shape index (κ3) is 5.41. The van der Waals surface area contributed by atoms with Gasteiger partial charge in [-0.3, -0.25) is 9.59 Å². The predicted molar refractivity (Wildman–Crippen MR) is 128 cm³/mol. The fraction of sp³-hybridized carbons (Fsp3) is 0.444. The molecule has 2 aliphatic rings. The van der Waals surface area contributed by atoms with Crippen LogP contribution in [-0.4, -0.2) is 42.3 Å². The molecule has 0 heterocycles. The van der Waals surface area contributed by atoms with Crippen LogP contribution in [0.25, 0.3) is 11.1 Å². The van der Waals surface area contributed by atoms with Gasteiger partial charge in [-0.25, -0.2) is 4.79 Å². The van der Waals surface area contributed by atoms with Gasteiger partial charge in [-0.2, -0.15) is 0 Å². The summed E-state index contributed by atoms with van der Waals surface area (Å²) in [5.74, 6) is -1.30. The van der Waals surface area contributed by atoms with Gasteiger partial charge in [0.25, 0.3) is 0 Å². The Kier molecular flexibility index (Phi) is 7.50. The zero-order valence-electron chi connectivity index (χ0n) is 19.5. The van der Waals surface area contributed by atoms with Crippen LogP contribution in [0, 0.1) is 11.8 Å².